The second kappa shape index (κ2) is 16.1. The van der Waals surface area contributed by atoms with Crippen molar-refractivity contribution in [1.82, 2.24) is 10.2 Å². The van der Waals surface area contributed by atoms with Crippen molar-refractivity contribution in [3.8, 4) is 11.5 Å². The number of carbonyl (C=O) groups is 2. The van der Waals surface area contributed by atoms with Gasteiger partial charge in [-0.2, -0.15) is 0 Å². The number of aryl methyl sites for hydroxylation is 2. The Balaban J connectivity index is 1.78. The van der Waals surface area contributed by atoms with E-state index in [1.807, 2.05) is 26.8 Å². The van der Waals surface area contributed by atoms with Crippen molar-refractivity contribution in [2.45, 2.75) is 82.8 Å². The van der Waals surface area contributed by atoms with Crippen molar-refractivity contribution in [2.75, 3.05) is 25.1 Å². The molecule has 1 aliphatic carbocycles. The lowest BCUT2D eigenvalue weighted by molar-refractivity contribution is -0.140. The number of carbonyl (C=O) groups excluding carboxylic acids is 2. The van der Waals surface area contributed by atoms with Crippen molar-refractivity contribution in [1.29, 1.82) is 0 Å². The minimum atomic E-state index is -4.33. The number of ether oxygens (including phenoxy) is 2. The molecule has 1 unspecified atom stereocenters. The van der Waals surface area contributed by atoms with Crippen LogP contribution >= 0.6 is 23.2 Å². The normalized spacial score (nSPS) is 14.3. The molecule has 3 aromatic carbocycles. The van der Waals surface area contributed by atoms with Gasteiger partial charge in [-0.1, -0.05) is 61.5 Å². The Labute approximate surface area is 288 Å². The molecule has 0 saturated heterocycles. The molecule has 0 spiro atoms. The van der Waals surface area contributed by atoms with Gasteiger partial charge in [0.1, 0.15) is 12.6 Å². The van der Waals surface area contributed by atoms with E-state index in [9.17, 15) is 18.0 Å². The van der Waals surface area contributed by atoms with Gasteiger partial charge in [-0.3, -0.25) is 13.9 Å². The second-order valence-electron chi connectivity index (χ2n) is 11.9. The van der Waals surface area contributed by atoms with Crippen molar-refractivity contribution >= 4 is 50.7 Å². The molecule has 4 rings (SSSR count). The predicted octanol–water partition coefficient (Wildman–Crippen LogP) is 7.08. The number of benzene rings is 3. The molecule has 1 N–H and O–H groups in total. The van der Waals surface area contributed by atoms with Crippen LogP contribution in [0.3, 0.4) is 0 Å². The van der Waals surface area contributed by atoms with Gasteiger partial charge in [-0.05, 0) is 86.2 Å². The smallest absolute Gasteiger partial charge is 0.264 e. The third kappa shape index (κ3) is 8.91. The number of hydrogen-bond donors (Lipinski definition) is 1. The van der Waals surface area contributed by atoms with Crippen molar-refractivity contribution < 1.29 is 27.5 Å². The molecule has 0 aromatic heterocycles. The number of nitrogens with zero attached hydrogens (tertiary/aromatic N) is 2. The number of sulfonamides is 1. The standard InChI is InChI=1S/C35H43Cl2N3O6S/c1-6-31(35(42)38-27-10-8-7-9-11-27)39(21-25-12-13-26(36)19-30(25)37)34(41)22-40(28-17-23(2)16-24(3)18-28)47(43,44)29-14-15-32(45-4)33(20-29)46-5/h12-20,27,31H,6-11,21-22H2,1-5H3,(H,38,42). The maximum atomic E-state index is 14.5. The van der Waals surface area contributed by atoms with Crippen molar-refractivity contribution in [3.63, 3.8) is 0 Å². The summed E-state index contributed by atoms with van der Waals surface area (Å²) in [4.78, 5) is 29.6. The van der Waals surface area contributed by atoms with Gasteiger partial charge in [0.15, 0.2) is 11.5 Å². The van der Waals surface area contributed by atoms with E-state index in [2.05, 4.69) is 5.32 Å². The highest BCUT2D eigenvalue weighted by Crippen LogP contribution is 2.33. The fraction of sp³-hybridized carbons (Fsp3) is 0.429. The fourth-order valence-electron chi connectivity index (χ4n) is 6.02. The van der Waals surface area contributed by atoms with Gasteiger partial charge >= 0.3 is 0 Å². The largest absolute Gasteiger partial charge is 0.493 e. The Kier molecular flexibility index (Phi) is 12.4. The molecule has 12 heteroatoms. The summed E-state index contributed by atoms with van der Waals surface area (Å²) in [6, 6.07) is 13.7. The number of methoxy groups -OCH3 is 2. The van der Waals surface area contributed by atoms with Gasteiger partial charge in [0, 0.05) is 28.7 Å². The lowest BCUT2D eigenvalue weighted by Gasteiger charge is -2.34. The third-order valence-electron chi connectivity index (χ3n) is 8.41. The molecule has 1 fully saturated rings. The number of amides is 2. The summed E-state index contributed by atoms with van der Waals surface area (Å²) in [5, 5.41) is 3.92. The molecule has 47 heavy (non-hydrogen) atoms. The summed E-state index contributed by atoms with van der Waals surface area (Å²) >= 11 is 12.7. The van der Waals surface area contributed by atoms with Crippen molar-refractivity contribution in [2.24, 2.45) is 0 Å². The summed E-state index contributed by atoms with van der Waals surface area (Å²) in [7, 11) is -1.45. The molecule has 9 nitrogen and oxygen atoms in total. The zero-order valence-corrected chi connectivity index (χ0v) is 29.8. The Hall–Kier alpha value is -3.47. The molecule has 0 aliphatic heterocycles. The van der Waals surface area contributed by atoms with Crippen LogP contribution in [-0.2, 0) is 26.2 Å². The molecule has 0 bridgehead atoms. The molecular weight excluding hydrogens is 661 g/mol. The van der Waals surface area contributed by atoms with E-state index in [0.717, 1.165) is 47.5 Å². The number of nitrogens with one attached hydrogen (secondary N) is 1. The quantitative estimate of drug-likeness (QED) is 0.204. The molecule has 0 radical (unpaired) electrons. The highest BCUT2D eigenvalue weighted by molar-refractivity contribution is 7.92. The molecular formula is C35H43Cl2N3O6S. The molecule has 1 aliphatic rings. The first-order valence-corrected chi connectivity index (χ1v) is 17.9. The average Bonchev–Trinajstić information content (AvgIpc) is 3.03. The minimum absolute atomic E-state index is 0.0253. The summed E-state index contributed by atoms with van der Waals surface area (Å²) in [5.41, 5.74) is 2.54. The van der Waals surface area contributed by atoms with Crippen LogP contribution in [0, 0.1) is 13.8 Å². The van der Waals surface area contributed by atoms with E-state index in [1.165, 1.54) is 37.3 Å². The Morgan fingerprint density at radius 3 is 2.17 bits per heavy atom. The average molecular weight is 705 g/mol. The summed E-state index contributed by atoms with van der Waals surface area (Å²) in [5.74, 6) is -0.255. The fourth-order valence-corrected chi connectivity index (χ4v) is 7.91. The van der Waals surface area contributed by atoms with Crippen LogP contribution < -0.4 is 19.1 Å². The lowest BCUT2D eigenvalue weighted by atomic mass is 9.95. The van der Waals surface area contributed by atoms with Crippen LogP contribution in [0.1, 0.15) is 62.1 Å². The van der Waals surface area contributed by atoms with E-state index in [4.69, 9.17) is 32.7 Å². The van der Waals surface area contributed by atoms with Gasteiger partial charge in [-0.15, -0.1) is 0 Å². The van der Waals surface area contributed by atoms with Gasteiger partial charge in [0.2, 0.25) is 11.8 Å². The number of hydrogen-bond acceptors (Lipinski definition) is 6. The lowest BCUT2D eigenvalue weighted by Crippen LogP contribution is -2.54. The Morgan fingerprint density at radius 2 is 1.57 bits per heavy atom. The zero-order chi connectivity index (χ0) is 34.3. The SMILES string of the molecule is CCC(C(=O)NC1CCCCC1)N(Cc1ccc(Cl)cc1Cl)C(=O)CN(c1cc(C)cc(C)c1)S(=O)(=O)c1ccc(OC)c(OC)c1. The van der Waals surface area contributed by atoms with Crippen LogP contribution in [0.5, 0.6) is 11.5 Å². The molecule has 2 amide bonds. The maximum Gasteiger partial charge on any atom is 0.264 e. The van der Waals surface area contributed by atoms with Gasteiger partial charge in [0.05, 0.1) is 24.8 Å². The highest BCUT2D eigenvalue weighted by Gasteiger charge is 2.35. The molecule has 0 heterocycles. The van der Waals surface area contributed by atoms with Crippen LogP contribution in [0.25, 0.3) is 0 Å². The van der Waals surface area contributed by atoms with Gasteiger partial charge in [-0.25, -0.2) is 8.42 Å². The maximum absolute atomic E-state index is 14.5. The Morgan fingerprint density at radius 1 is 0.915 bits per heavy atom. The summed E-state index contributed by atoms with van der Waals surface area (Å²) < 4.78 is 40.6. The van der Waals surface area contributed by atoms with E-state index in [-0.39, 0.29) is 29.1 Å². The van der Waals surface area contributed by atoms with E-state index in [1.54, 1.807) is 30.3 Å². The first-order chi connectivity index (χ1) is 22.4. The van der Waals surface area contributed by atoms with Crippen molar-refractivity contribution in [3.05, 3.63) is 81.3 Å². The van der Waals surface area contributed by atoms with E-state index >= 15 is 0 Å². The highest BCUT2D eigenvalue weighted by atomic mass is 35.5. The number of halogens is 2. The first-order valence-electron chi connectivity index (χ1n) is 15.7. The number of anilines is 1. The van der Waals surface area contributed by atoms with Gasteiger partial charge < -0.3 is 19.7 Å². The topological polar surface area (TPSA) is 105 Å². The molecule has 1 atom stereocenters. The predicted molar refractivity (Wildman–Crippen MR) is 186 cm³/mol. The second-order valence-corrected chi connectivity index (χ2v) is 14.6. The van der Waals surface area contributed by atoms with Crippen LogP contribution in [0.4, 0.5) is 5.69 Å². The summed E-state index contributed by atoms with van der Waals surface area (Å²) in [6.07, 6.45) is 5.26. The third-order valence-corrected chi connectivity index (χ3v) is 10.8. The Bertz CT molecular complexity index is 1670. The zero-order valence-electron chi connectivity index (χ0n) is 27.5. The van der Waals surface area contributed by atoms with E-state index < -0.39 is 28.5 Å². The molecule has 3 aromatic rings. The molecule has 254 valence electrons. The van der Waals surface area contributed by atoms with Crippen LogP contribution in [0.15, 0.2) is 59.5 Å². The summed E-state index contributed by atoms with van der Waals surface area (Å²) in [6.45, 7) is 4.95. The number of rotatable bonds is 13. The molecule has 1 saturated carbocycles. The first kappa shape index (κ1) is 36.4. The monoisotopic (exact) mass is 703 g/mol. The van der Waals surface area contributed by atoms with Gasteiger partial charge in [0.25, 0.3) is 10.0 Å². The van der Waals surface area contributed by atoms with Crippen LogP contribution in [-0.4, -0.2) is 58.0 Å². The van der Waals surface area contributed by atoms with E-state index in [0.29, 0.717) is 33.5 Å². The minimum Gasteiger partial charge on any atom is -0.493 e. The van der Waals surface area contributed by atoms with Crippen LogP contribution in [0.2, 0.25) is 10.0 Å².